The summed E-state index contributed by atoms with van der Waals surface area (Å²) in [6, 6.07) is 4.15. The van der Waals surface area contributed by atoms with Gasteiger partial charge in [0.25, 0.3) is 0 Å². The van der Waals surface area contributed by atoms with Crippen molar-refractivity contribution < 1.29 is 4.79 Å². The Morgan fingerprint density at radius 1 is 1.17 bits per heavy atom. The lowest BCUT2D eigenvalue weighted by Gasteiger charge is -2.34. The molecule has 1 aromatic rings. The summed E-state index contributed by atoms with van der Waals surface area (Å²) in [7, 11) is 0. The molecule has 5 nitrogen and oxygen atoms in total. The molecule has 0 atom stereocenters. The average Bonchev–Trinajstić information content (AvgIpc) is 2.62. The minimum Gasteiger partial charge on any atom is -0.357 e. The number of hydrogen-bond acceptors (Lipinski definition) is 4. The molecule has 1 amide bonds. The average molecular weight is 332 g/mol. The SMILES string of the molecule is CCCN1CCN(C(=O)CCc2ccnc(N(CC)CC)c2)CC1. The van der Waals surface area contributed by atoms with E-state index in [1.807, 2.05) is 17.2 Å². The van der Waals surface area contributed by atoms with Crippen LogP contribution in [0.15, 0.2) is 18.3 Å². The zero-order valence-electron chi connectivity index (χ0n) is 15.5. The van der Waals surface area contributed by atoms with Crippen LogP contribution in [0.4, 0.5) is 5.82 Å². The molecule has 1 fully saturated rings. The second kappa shape index (κ2) is 9.62. The monoisotopic (exact) mass is 332 g/mol. The van der Waals surface area contributed by atoms with Gasteiger partial charge in [-0.05, 0) is 50.9 Å². The third-order valence-corrected chi connectivity index (χ3v) is 4.79. The van der Waals surface area contributed by atoms with Crippen LogP contribution in [0.5, 0.6) is 0 Å². The predicted octanol–water partition coefficient (Wildman–Crippen LogP) is 2.41. The number of hydrogen-bond donors (Lipinski definition) is 0. The molecule has 1 saturated heterocycles. The lowest BCUT2D eigenvalue weighted by molar-refractivity contribution is -0.132. The first-order valence-corrected chi connectivity index (χ1v) is 9.37. The Labute approximate surface area is 146 Å². The van der Waals surface area contributed by atoms with Gasteiger partial charge in [-0.15, -0.1) is 0 Å². The molecule has 2 rings (SSSR count). The smallest absolute Gasteiger partial charge is 0.222 e. The Morgan fingerprint density at radius 2 is 1.88 bits per heavy atom. The van der Waals surface area contributed by atoms with Gasteiger partial charge in [0, 0.05) is 51.9 Å². The zero-order chi connectivity index (χ0) is 17.4. The summed E-state index contributed by atoms with van der Waals surface area (Å²) in [4.78, 5) is 23.6. The number of amides is 1. The van der Waals surface area contributed by atoms with E-state index in [1.54, 1.807) is 0 Å². The normalized spacial score (nSPS) is 15.5. The summed E-state index contributed by atoms with van der Waals surface area (Å²) in [5, 5.41) is 0. The number of aromatic nitrogens is 1. The van der Waals surface area contributed by atoms with Crippen molar-refractivity contribution >= 4 is 11.7 Å². The summed E-state index contributed by atoms with van der Waals surface area (Å²) in [5.41, 5.74) is 1.20. The van der Waals surface area contributed by atoms with Gasteiger partial charge in [-0.3, -0.25) is 9.69 Å². The van der Waals surface area contributed by atoms with E-state index in [4.69, 9.17) is 0 Å². The van der Waals surface area contributed by atoms with Gasteiger partial charge in [-0.1, -0.05) is 6.92 Å². The molecular weight excluding hydrogens is 300 g/mol. The number of pyridine rings is 1. The maximum atomic E-state index is 12.4. The first-order chi connectivity index (χ1) is 11.7. The van der Waals surface area contributed by atoms with Crippen LogP contribution in [0.3, 0.4) is 0 Å². The molecule has 2 heterocycles. The van der Waals surface area contributed by atoms with Crippen molar-refractivity contribution in [2.45, 2.75) is 40.0 Å². The lowest BCUT2D eigenvalue weighted by atomic mass is 10.1. The first-order valence-electron chi connectivity index (χ1n) is 9.37. The highest BCUT2D eigenvalue weighted by atomic mass is 16.2. The van der Waals surface area contributed by atoms with Crippen molar-refractivity contribution in [3.63, 3.8) is 0 Å². The van der Waals surface area contributed by atoms with Gasteiger partial charge in [-0.2, -0.15) is 0 Å². The highest BCUT2D eigenvalue weighted by molar-refractivity contribution is 5.76. The maximum Gasteiger partial charge on any atom is 0.222 e. The van der Waals surface area contributed by atoms with E-state index in [2.05, 4.69) is 41.6 Å². The number of aryl methyl sites for hydroxylation is 1. The van der Waals surface area contributed by atoms with Crippen LogP contribution >= 0.6 is 0 Å². The summed E-state index contributed by atoms with van der Waals surface area (Å²) in [6.45, 7) is 13.3. The Bertz CT molecular complexity index is 508. The minimum absolute atomic E-state index is 0.285. The first kappa shape index (κ1) is 18.7. The van der Waals surface area contributed by atoms with Crippen molar-refractivity contribution in [1.82, 2.24) is 14.8 Å². The molecule has 134 valence electrons. The van der Waals surface area contributed by atoms with E-state index in [-0.39, 0.29) is 5.91 Å². The number of nitrogens with zero attached hydrogens (tertiary/aromatic N) is 4. The molecule has 0 bridgehead atoms. The van der Waals surface area contributed by atoms with E-state index in [0.29, 0.717) is 6.42 Å². The van der Waals surface area contributed by atoms with Crippen molar-refractivity contribution in [3.8, 4) is 0 Å². The van der Waals surface area contributed by atoms with Crippen molar-refractivity contribution in [1.29, 1.82) is 0 Å². The Kier molecular flexibility index (Phi) is 7.50. The minimum atomic E-state index is 0.285. The van der Waals surface area contributed by atoms with E-state index in [0.717, 1.165) is 58.1 Å². The molecule has 0 spiro atoms. The Hall–Kier alpha value is -1.62. The second-order valence-electron chi connectivity index (χ2n) is 6.42. The third kappa shape index (κ3) is 5.20. The van der Waals surface area contributed by atoms with E-state index in [9.17, 15) is 4.79 Å². The van der Waals surface area contributed by atoms with Crippen LogP contribution in [0.1, 0.15) is 39.2 Å². The highest BCUT2D eigenvalue weighted by Crippen LogP contribution is 2.14. The van der Waals surface area contributed by atoms with Gasteiger partial charge in [0.2, 0.25) is 5.91 Å². The van der Waals surface area contributed by atoms with Crippen LogP contribution in [0, 0.1) is 0 Å². The quantitative estimate of drug-likeness (QED) is 0.733. The molecule has 5 heteroatoms. The maximum absolute atomic E-state index is 12.4. The molecule has 0 N–H and O–H groups in total. The van der Waals surface area contributed by atoms with Gasteiger partial charge in [0.1, 0.15) is 5.82 Å². The fourth-order valence-electron chi connectivity index (χ4n) is 3.28. The topological polar surface area (TPSA) is 39.7 Å². The highest BCUT2D eigenvalue weighted by Gasteiger charge is 2.20. The van der Waals surface area contributed by atoms with Gasteiger partial charge in [0.05, 0.1) is 0 Å². The zero-order valence-corrected chi connectivity index (χ0v) is 15.5. The molecule has 0 radical (unpaired) electrons. The summed E-state index contributed by atoms with van der Waals surface area (Å²) >= 11 is 0. The van der Waals surface area contributed by atoms with Crippen LogP contribution in [-0.4, -0.2) is 66.5 Å². The molecule has 1 aliphatic rings. The number of rotatable bonds is 8. The van der Waals surface area contributed by atoms with Crippen LogP contribution in [0.2, 0.25) is 0 Å². The lowest BCUT2D eigenvalue weighted by Crippen LogP contribution is -2.48. The predicted molar refractivity (Wildman–Crippen MR) is 99.4 cm³/mol. The number of carbonyl (C=O) groups is 1. The van der Waals surface area contributed by atoms with Crippen molar-refractivity contribution in [3.05, 3.63) is 23.9 Å². The van der Waals surface area contributed by atoms with Gasteiger partial charge in [0.15, 0.2) is 0 Å². The van der Waals surface area contributed by atoms with Crippen molar-refractivity contribution in [2.75, 3.05) is 50.7 Å². The molecular formula is C19H32N4O. The molecule has 24 heavy (non-hydrogen) atoms. The van der Waals surface area contributed by atoms with Crippen LogP contribution in [0.25, 0.3) is 0 Å². The molecule has 0 saturated carbocycles. The Morgan fingerprint density at radius 3 is 2.50 bits per heavy atom. The van der Waals surface area contributed by atoms with E-state index < -0.39 is 0 Å². The molecule has 0 aromatic carbocycles. The number of piperazine rings is 1. The number of carbonyl (C=O) groups excluding carboxylic acids is 1. The van der Waals surface area contributed by atoms with Crippen LogP contribution < -0.4 is 4.90 Å². The van der Waals surface area contributed by atoms with Gasteiger partial charge < -0.3 is 9.80 Å². The van der Waals surface area contributed by atoms with E-state index >= 15 is 0 Å². The molecule has 0 aliphatic carbocycles. The fourth-order valence-corrected chi connectivity index (χ4v) is 3.28. The van der Waals surface area contributed by atoms with Crippen LogP contribution in [-0.2, 0) is 11.2 Å². The summed E-state index contributed by atoms with van der Waals surface area (Å²) in [5.74, 6) is 1.30. The van der Waals surface area contributed by atoms with E-state index in [1.165, 1.54) is 12.0 Å². The fraction of sp³-hybridized carbons (Fsp3) is 0.684. The third-order valence-electron chi connectivity index (χ3n) is 4.79. The molecule has 1 aliphatic heterocycles. The summed E-state index contributed by atoms with van der Waals surface area (Å²) in [6.07, 6.45) is 4.43. The largest absolute Gasteiger partial charge is 0.357 e. The van der Waals surface area contributed by atoms with Gasteiger partial charge >= 0.3 is 0 Å². The standard InChI is InChI=1S/C19H32N4O/c1-4-11-21-12-14-23(15-13-21)19(24)8-7-17-9-10-20-18(16-17)22(5-2)6-3/h9-10,16H,4-8,11-15H2,1-3H3. The van der Waals surface area contributed by atoms with Crippen molar-refractivity contribution in [2.24, 2.45) is 0 Å². The second-order valence-corrected chi connectivity index (χ2v) is 6.42. The molecule has 1 aromatic heterocycles. The van der Waals surface area contributed by atoms with Gasteiger partial charge in [-0.25, -0.2) is 4.98 Å². The number of anilines is 1. The molecule has 0 unspecified atom stereocenters. The summed E-state index contributed by atoms with van der Waals surface area (Å²) < 4.78 is 0. The Balaban J connectivity index is 1.83.